The number of anilines is 1. The topological polar surface area (TPSA) is 66.8 Å². The number of nitrogens with zero attached hydrogens (tertiary/aromatic N) is 1. The van der Waals surface area contributed by atoms with Gasteiger partial charge in [0.1, 0.15) is 12.2 Å². The lowest BCUT2D eigenvalue weighted by molar-refractivity contribution is -0.123. The molecular weight excluding hydrogens is 270 g/mol. The van der Waals surface area contributed by atoms with Crippen LogP contribution in [0.1, 0.15) is 42.5 Å². The number of para-hydroxylation sites is 1. The minimum atomic E-state index is -1.03. The Balaban J connectivity index is 1.91. The minimum absolute atomic E-state index is 0.0678. The number of rotatable bonds is 2. The summed E-state index contributed by atoms with van der Waals surface area (Å²) in [5.74, 6) is -0.529. The maximum absolute atomic E-state index is 12.7. The van der Waals surface area contributed by atoms with Crippen LogP contribution < -0.4 is 9.64 Å². The first-order valence-electron chi connectivity index (χ1n) is 7.49. The molecule has 0 unspecified atom stereocenters. The number of ether oxygens (including phenoxy) is 1. The standard InChI is InChI=1S/C16H19NO4/c18-15(11-5-2-1-3-6-11)17-9-10-21-14-12(16(19)20)7-4-8-13(14)17/h4,7-8,11H,1-3,5-6,9-10H2,(H,19,20). The van der Waals surface area contributed by atoms with E-state index in [1.54, 1.807) is 17.0 Å². The quantitative estimate of drug-likeness (QED) is 0.909. The van der Waals surface area contributed by atoms with Crippen LogP contribution in [0, 0.1) is 5.92 Å². The number of carbonyl (C=O) groups is 2. The van der Waals surface area contributed by atoms with E-state index in [1.165, 1.54) is 12.5 Å². The van der Waals surface area contributed by atoms with Gasteiger partial charge in [0.15, 0.2) is 5.75 Å². The van der Waals surface area contributed by atoms with Crippen molar-refractivity contribution in [3.63, 3.8) is 0 Å². The number of carboxylic acids is 1. The smallest absolute Gasteiger partial charge is 0.339 e. The normalized spacial score (nSPS) is 18.8. The third kappa shape index (κ3) is 2.60. The molecule has 0 atom stereocenters. The molecule has 0 aromatic heterocycles. The van der Waals surface area contributed by atoms with E-state index in [0.29, 0.717) is 24.6 Å². The van der Waals surface area contributed by atoms with Crippen LogP contribution in [0.3, 0.4) is 0 Å². The second kappa shape index (κ2) is 5.76. The highest BCUT2D eigenvalue weighted by Crippen LogP contribution is 2.37. The van der Waals surface area contributed by atoms with Gasteiger partial charge in [-0.05, 0) is 25.0 Å². The minimum Gasteiger partial charge on any atom is -0.489 e. The number of fused-ring (bicyclic) bond motifs is 1. The summed E-state index contributed by atoms with van der Waals surface area (Å²) in [5.41, 5.74) is 0.713. The van der Waals surface area contributed by atoms with Gasteiger partial charge in [-0.15, -0.1) is 0 Å². The van der Waals surface area contributed by atoms with E-state index < -0.39 is 5.97 Å². The van der Waals surface area contributed by atoms with E-state index in [1.807, 2.05) is 0 Å². The van der Waals surface area contributed by atoms with Gasteiger partial charge in [-0.2, -0.15) is 0 Å². The molecule has 1 saturated carbocycles. The van der Waals surface area contributed by atoms with Gasteiger partial charge in [-0.1, -0.05) is 25.3 Å². The van der Waals surface area contributed by atoms with Gasteiger partial charge in [0.05, 0.1) is 12.2 Å². The fourth-order valence-corrected chi connectivity index (χ4v) is 3.22. The van der Waals surface area contributed by atoms with Gasteiger partial charge in [0, 0.05) is 5.92 Å². The largest absolute Gasteiger partial charge is 0.489 e. The third-order valence-corrected chi connectivity index (χ3v) is 4.30. The highest BCUT2D eigenvalue weighted by molar-refractivity contribution is 6.00. The summed E-state index contributed by atoms with van der Waals surface area (Å²) in [6.07, 6.45) is 5.27. The summed E-state index contributed by atoms with van der Waals surface area (Å²) in [4.78, 5) is 25.7. The average Bonchev–Trinajstić information content (AvgIpc) is 2.53. The van der Waals surface area contributed by atoms with Crippen molar-refractivity contribution in [2.75, 3.05) is 18.1 Å². The molecule has 3 rings (SSSR count). The molecule has 0 bridgehead atoms. The highest BCUT2D eigenvalue weighted by atomic mass is 16.5. The molecule has 1 amide bonds. The van der Waals surface area contributed by atoms with Crippen molar-refractivity contribution >= 4 is 17.6 Å². The molecule has 1 aromatic carbocycles. The Morgan fingerprint density at radius 1 is 1.19 bits per heavy atom. The first-order valence-corrected chi connectivity index (χ1v) is 7.49. The van der Waals surface area contributed by atoms with Crippen LogP contribution in [-0.2, 0) is 4.79 Å². The van der Waals surface area contributed by atoms with Crippen LogP contribution in [0.2, 0.25) is 0 Å². The zero-order valence-electron chi connectivity index (χ0n) is 11.9. The molecule has 1 aromatic rings. The Bertz CT molecular complexity index is 563. The van der Waals surface area contributed by atoms with E-state index >= 15 is 0 Å². The van der Waals surface area contributed by atoms with Gasteiger partial charge in [0.2, 0.25) is 5.91 Å². The number of aromatic carboxylic acids is 1. The fraction of sp³-hybridized carbons (Fsp3) is 0.500. The molecular formula is C16H19NO4. The van der Waals surface area contributed by atoms with E-state index in [-0.39, 0.29) is 17.4 Å². The molecule has 1 aliphatic carbocycles. The summed E-state index contributed by atoms with van der Waals surface area (Å²) in [6.45, 7) is 0.834. The van der Waals surface area contributed by atoms with Crippen LogP contribution in [0.15, 0.2) is 18.2 Å². The van der Waals surface area contributed by atoms with Crippen LogP contribution in [0.25, 0.3) is 0 Å². The molecule has 2 aliphatic rings. The summed E-state index contributed by atoms with van der Waals surface area (Å²) >= 11 is 0. The van der Waals surface area contributed by atoms with Crippen LogP contribution >= 0.6 is 0 Å². The SMILES string of the molecule is O=C(O)c1cccc2c1OCCN2C(=O)C1CCCCC1. The van der Waals surface area contributed by atoms with Crippen molar-refractivity contribution in [3.05, 3.63) is 23.8 Å². The van der Waals surface area contributed by atoms with Gasteiger partial charge < -0.3 is 14.7 Å². The lowest BCUT2D eigenvalue weighted by atomic mass is 9.88. The lowest BCUT2D eigenvalue weighted by Gasteiger charge is -2.33. The summed E-state index contributed by atoms with van der Waals surface area (Å²) < 4.78 is 5.51. The Morgan fingerprint density at radius 2 is 1.95 bits per heavy atom. The second-order valence-corrected chi connectivity index (χ2v) is 5.63. The van der Waals surface area contributed by atoms with E-state index in [0.717, 1.165) is 25.7 Å². The predicted molar refractivity (Wildman–Crippen MR) is 77.8 cm³/mol. The second-order valence-electron chi connectivity index (χ2n) is 5.63. The Hall–Kier alpha value is -2.04. The van der Waals surface area contributed by atoms with Crippen LogP contribution in [0.4, 0.5) is 5.69 Å². The molecule has 1 aliphatic heterocycles. The zero-order valence-corrected chi connectivity index (χ0v) is 11.9. The predicted octanol–water partition coefficient (Wildman–Crippen LogP) is 2.69. The average molecular weight is 289 g/mol. The number of hydrogen-bond donors (Lipinski definition) is 1. The number of carboxylic acid groups (broad SMARTS) is 1. The number of hydrogen-bond acceptors (Lipinski definition) is 3. The van der Waals surface area contributed by atoms with Crippen LogP contribution in [-0.4, -0.2) is 30.1 Å². The summed E-state index contributed by atoms with van der Waals surface area (Å²) in [6, 6.07) is 4.94. The van der Waals surface area contributed by atoms with Gasteiger partial charge >= 0.3 is 5.97 Å². The molecule has 5 nitrogen and oxygen atoms in total. The molecule has 1 N–H and O–H groups in total. The monoisotopic (exact) mass is 289 g/mol. The summed E-state index contributed by atoms with van der Waals surface area (Å²) in [5, 5.41) is 9.23. The first kappa shape index (κ1) is 13.9. The molecule has 0 radical (unpaired) electrons. The summed E-state index contributed by atoms with van der Waals surface area (Å²) in [7, 11) is 0. The van der Waals surface area contributed by atoms with Crippen molar-refractivity contribution in [2.45, 2.75) is 32.1 Å². The molecule has 0 saturated heterocycles. The lowest BCUT2D eigenvalue weighted by Crippen LogP contribution is -2.42. The maximum Gasteiger partial charge on any atom is 0.339 e. The number of benzene rings is 1. The Kier molecular flexibility index (Phi) is 3.82. The van der Waals surface area contributed by atoms with Crippen molar-refractivity contribution in [3.8, 4) is 5.75 Å². The number of carbonyl (C=O) groups excluding carboxylic acids is 1. The molecule has 1 heterocycles. The Morgan fingerprint density at radius 3 is 2.67 bits per heavy atom. The number of amides is 1. The van der Waals surface area contributed by atoms with Crippen molar-refractivity contribution in [2.24, 2.45) is 5.92 Å². The third-order valence-electron chi connectivity index (χ3n) is 4.30. The van der Waals surface area contributed by atoms with Crippen LogP contribution in [0.5, 0.6) is 5.75 Å². The zero-order chi connectivity index (χ0) is 14.8. The molecule has 5 heteroatoms. The molecule has 0 spiro atoms. The molecule has 112 valence electrons. The van der Waals surface area contributed by atoms with Crippen molar-refractivity contribution in [1.29, 1.82) is 0 Å². The maximum atomic E-state index is 12.7. The van der Waals surface area contributed by atoms with E-state index in [2.05, 4.69) is 0 Å². The van der Waals surface area contributed by atoms with Crippen molar-refractivity contribution in [1.82, 2.24) is 0 Å². The fourth-order valence-electron chi connectivity index (χ4n) is 3.22. The Labute approximate surface area is 123 Å². The molecule has 21 heavy (non-hydrogen) atoms. The van der Waals surface area contributed by atoms with Gasteiger partial charge in [-0.3, -0.25) is 4.79 Å². The highest BCUT2D eigenvalue weighted by Gasteiger charge is 2.32. The van der Waals surface area contributed by atoms with E-state index in [4.69, 9.17) is 4.74 Å². The van der Waals surface area contributed by atoms with E-state index in [9.17, 15) is 14.7 Å². The first-order chi connectivity index (χ1) is 10.2. The molecule has 1 fully saturated rings. The van der Waals surface area contributed by atoms with Gasteiger partial charge in [-0.25, -0.2) is 4.79 Å². The van der Waals surface area contributed by atoms with Crippen molar-refractivity contribution < 1.29 is 19.4 Å². The van der Waals surface area contributed by atoms with Gasteiger partial charge in [0.25, 0.3) is 0 Å².